The van der Waals surface area contributed by atoms with Gasteiger partial charge in [-0.3, -0.25) is 0 Å². The Morgan fingerprint density at radius 2 is 2.29 bits per heavy atom. The van der Waals surface area contributed by atoms with Gasteiger partial charge in [0.1, 0.15) is 29.2 Å². The van der Waals surface area contributed by atoms with Crippen LogP contribution < -0.4 is 4.74 Å². The third-order valence-electron chi connectivity index (χ3n) is 2.29. The normalized spacial score (nSPS) is 10.6. The van der Waals surface area contributed by atoms with Crippen LogP contribution >= 0.6 is 27.5 Å². The molecule has 0 aliphatic heterocycles. The van der Waals surface area contributed by atoms with E-state index in [9.17, 15) is 4.39 Å². The molecule has 90 valence electrons. The zero-order valence-electron chi connectivity index (χ0n) is 8.95. The number of nitrogens with zero attached hydrogens (tertiary/aromatic N) is 2. The molecule has 0 fully saturated rings. The van der Waals surface area contributed by atoms with E-state index < -0.39 is 0 Å². The first kappa shape index (κ1) is 12.4. The maximum Gasteiger partial charge on any atom is 0.147 e. The number of hydrogen-bond donors (Lipinski definition) is 0. The number of benzene rings is 1. The molecule has 0 bridgehead atoms. The predicted octanol–water partition coefficient (Wildman–Crippen LogP) is 3.55. The second-order valence-electron chi connectivity index (χ2n) is 3.42. The molecular weight excluding hydrogens is 310 g/mol. The molecule has 0 aliphatic rings. The van der Waals surface area contributed by atoms with Gasteiger partial charge < -0.3 is 9.30 Å². The highest BCUT2D eigenvalue weighted by molar-refractivity contribution is 9.10. The fourth-order valence-corrected chi connectivity index (χ4v) is 1.78. The zero-order valence-corrected chi connectivity index (χ0v) is 11.3. The Morgan fingerprint density at radius 3 is 2.88 bits per heavy atom. The standard InChI is InChI=1S/C11H9BrClFN2O/c1-16-10(13)5-15-11(16)6-17-7-2-3-9(14)8(12)4-7/h2-5H,6H2,1H3. The Balaban J connectivity index is 2.07. The summed E-state index contributed by atoms with van der Waals surface area (Å²) in [6.07, 6.45) is 1.56. The lowest BCUT2D eigenvalue weighted by atomic mass is 10.3. The van der Waals surface area contributed by atoms with Crippen molar-refractivity contribution in [1.29, 1.82) is 0 Å². The van der Waals surface area contributed by atoms with E-state index in [-0.39, 0.29) is 12.4 Å². The van der Waals surface area contributed by atoms with Crippen molar-refractivity contribution in [3.05, 3.63) is 45.7 Å². The SMILES string of the molecule is Cn1c(Cl)cnc1COc1ccc(F)c(Br)c1. The quantitative estimate of drug-likeness (QED) is 0.865. The van der Waals surface area contributed by atoms with Gasteiger partial charge in [0, 0.05) is 7.05 Å². The molecule has 0 aliphatic carbocycles. The number of ether oxygens (including phenoxy) is 1. The van der Waals surface area contributed by atoms with E-state index in [1.807, 2.05) is 0 Å². The van der Waals surface area contributed by atoms with Gasteiger partial charge in [0.15, 0.2) is 0 Å². The summed E-state index contributed by atoms with van der Waals surface area (Å²) < 4.78 is 20.6. The van der Waals surface area contributed by atoms with Crippen LogP contribution in [0.4, 0.5) is 4.39 Å². The summed E-state index contributed by atoms with van der Waals surface area (Å²) in [5.41, 5.74) is 0. The fraction of sp³-hybridized carbons (Fsp3) is 0.182. The smallest absolute Gasteiger partial charge is 0.147 e. The minimum Gasteiger partial charge on any atom is -0.486 e. The number of aromatic nitrogens is 2. The molecule has 0 spiro atoms. The van der Waals surface area contributed by atoms with Gasteiger partial charge in [-0.2, -0.15) is 0 Å². The highest BCUT2D eigenvalue weighted by Gasteiger charge is 2.06. The van der Waals surface area contributed by atoms with Crippen LogP contribution in [0.3, 0.4) is 0 Å². The molecule has 3 nitrogen and oxygen atoms in total. The van der Waals surface area contributed by atoms with E-state index in [1.165, 1.54) is 6.07 Å². The molecule has 6 heteroatoms. The van der Waals surface area contributed by atoms with Crippen molar-refractivity contribution >= 4 is 27.5 Å². The molecule has 0 atom stereocenters. The minimum absolute atomic E-state index is 0.279. The van der Waals surface area contributed by atoms with Gasteiger partial charge in [-0.15, -0.1) is 0 Å². The van der Waals surface area contributed by atoms with E-state index in [4.69, 9.17) is 16.3 Å². The average molecular weight is 320 g/mol. The average Bonchev–Trinajstić information content (AvgIpc) is 2.62. The van der Waals surface area contributed by atoms with E-state index in [0.717, 1.165) is 0 Å². The Hall–Kier alpha value is -1.07. The number of imidazole rings is 1. The molecule has 0 unspecified atom stereocenters. The van der Waals surface area contributed by atoms with Crippen LogP contribution in [0.1, 0.15) is 5.82 Å². The summed E-state index contributed by atoms with van der Waals surface area (Å²) in [6.45, 7) is 0.279. The summed E-state index contributed by atoms with van der Waals surface area (Å²) in [5.74, 6) is 0.949. The third kappa shape index (κ3) is 2.79. The van der Waals surface area contributed by atoms with E-state index >= 15 is 0 Å². The number of halogens is 3. The molecular formula is C11H9BrClFN2O. The first-order chi connectivity index (χ1) is 8.08. The van der Waals surface area contributed by atoms with Gasteiger partial charge in [0.25, 0.3) is 0 Å². The lowest BCUT2D eigenvalue weighted by Gasteiger charge is -2.07. The van der Waals surface area contributed by atoms with E-state index in [2.05, 4.69) is 20.9 Å². The van der Waals surface area contributed by atoms with Crippen molar-refractivity contribution in [3.8, 4) is 5.75 Å². The molecule has 2 rings (SSSR count). The molecule has 0 saturated heterocycles. The lowest BCUT2D eigenvalue weighted by molar-refractivity contribution is 0.291. The second-order valence-corrected chi connectivity index (χ2v) is 4.66. The van der Waals surface area contributed by atoms with Gasteiger partial charge >= 0.3 is 0 Å². The summed E-state index contributed by atoms with van der Waals surface area (Å²) in [5, 5.41) is 0.545. The third-order valence-corrected chi connectivity index (χ3v) is 3.25. The zero-order chi connectivity index (χ0) is 12.4. The predicted molar refractivity (Wildman–Crippen MR) is 66.7 cm³/mol. The number of rotatable bonds is 3. The molecule has 17 heavy (non-hydrogen) atoms. The minimum atomic E-state index is -0.322. The summed E-state index contributed by atoms with van der Waals surface area (Å²) in [4.78, 5) is 4.09. The van der Waals surface area contributed by atoms with Gasteiger partial charge in [-0.1, -0.05) is 11.6 Å². The van der Waals surface area contributed by atoms with Crippen LogP contribution in [-0.4, -0.2) is 9.55 Å². The van der Waals surface area contributed by atoms with Crippen LogP contribution in [0, 0.1) is 5.82 Å². The van der Waals surface area contributed by atoms with Crippen molar-refractivity contribution in [2.45, 2.75) is 6.61 Å². The van der Waals surface area contributed by atoms with Gasteiger partial charge in [0.2, 0.25) is 0 Å². The maximum absolute atomic E-state index is 13.0. The van der Waals surface area contributed by atoms with Crippen molar-refractivity contribution in [3.63, 3.8) is 0 Å². The highest BCUT2D eigenvalue weighted by Crippen LogP contribution is 2.22. The molecule has 1 aromatic carbocycles. The van der Waals surface area contributed by atoms with Crippen LogP contribution in [0.15, 0.2) is 28.9 Å². The molecule has 0 saturated carbocycles. The summed E-state index contributed by atoms with van der Waals surface area (Å²) in [7, 11) is 1.80. The Labute approximate surface area is 111 Å². The Morgan fingerprint density at radius 1 is 1.53 bits per heavy atom. The summed E-state index contributed by atoms with van der Waals surface area (Å²) in [6, 6.07) is 4.47. The molecule has 0 radical (unpaired) electrons. The number of hydrogen-bond acceptors (Lipinski definition) is 2. The Kier molecular flexibility index (Phi) is 3.69. The molecule has 2 aromatic rings. The summed E-state index contributed by atoms with van der Waals surface area (Å²) >= 11 is 8.94. The fourth-order valence-electron chi connectivity index (χ4n) is 1.27. The first-order valence-electron chi connectivity index (χ1n) is 4.82. The topological polar surface area (TPSA) is 27.1 Å². The van der Waals surface area contributed by atoms with E-state index in [0.29, 0.717) is 21.2 Å². The molecule has 0 amide bonds. The van der Waals surface area contributed by atoms with Crippen molar-refractivity contribution in [2.75, 3.05) is 0 Å². The second kappa shape index (κ2) is 5.06. The molecule has 0 N–H and O–H groups in total. The van der Waals surface area contributed by atoms with Crippen molar-refractivity contribution in [1.82, 2.24) is 9.55 Å². The lowest BCUT2D eigenvalue weighted by Crippen LogP contribution is -2.03. The van der Waals surface area contributed by atoms with Gasteiger partial charge in [0.05, 0.1) is 10.7 Å². The van der Waals surface area contributed by atoms with Gasteiger partial charge in [-0.05, 0) is 34.1 Å². The van der Waals surface area contributed by atoms with Crippen LogP contribution in [-0.2, 0) is 13.7 Å². The maximum atomic E-state index is 13.0. The van der Waals surface area contributed by atoms with Crippen LogP contribution in [0.2, 0.25) is 5.15 Å². The van der Waals surface area contributed by atoms with Crippen LogP contribution in [0.5, 0.6) is 5.75 Å². The Bertz CT molecular complexity index is 544. The molecule has 1 aromatic heterocycles. The monoisotopic (exact) mass is 318 g/mol. The largest absolute Gasteiger partial charge is 0.486 e. The van der Waals surface area contributed by atoms with Gasteiger partial charge in [-0.25, -0.2) is 9.37 Å². The molecule has 1 heterocycles. The van der Waals surface area contributed by atoms with Crippen molar-refractivity contribution < 1.29 is 9.13 Å². The van der Waals surface area contributed by atoms with E-state index in [1.54, 1.807) is 29.9 Å². The van der Waals surface area contributed by atoms with Crippen LogP contribution in [0.25, 0.3) is 0 Å². The first-order valence-corrected chi connectivity index (χ1v) is 5.99. The highest BCUT2D eigenvalue weighted by atomic mass is 79.9. The van der Waals surface area contributed by atoms with Crippen molar-refractivity contribution in [2.24, 2.45) is 7.05 Å².